The molecule has 0 saturated heterocycles. The Hall–Kier alpha value is -1.84. The number of nitrogens with two attached hydrogens (primary N) is 1. The largest absolute Gasteiger partial charge is 0.398 e. The molecular weight excluding hydrogens is 214 g/mol. The number of nitrogen functional groups attached to an aromatic ring is 1. The molecular formula is C13H17N3O. The predicted octanol–water partition coefficient (Wildman–Crippen LogP) is 3.22. The monoisotopic (exact) mass is 231 g/mol. The van der Waals surface area contributed by atoms with Gasteiger partial charge in [0.25, 0.3) is 0 Å². The number of para-hydroxylation sites is 1. The summed E-state index contributed by atoms with van der Waals surface area (Å²) < 4.78 is 5.27. The zero-order chi connectivity index (χ0) is 12.3. The van der Waals surface area contributed by atoms with Crippen LogP contribution in [0.1, 0.15) is 38.5 Å². The number of hydrogen-bond acceptors (Lipinski definition) is 4. The molecule has 2 aromatic rings. The number of anilines is 1. The first-order valence-electron chi connectivity index (χ1n) is 5.90. The van der Waals surface area contributed by atoms with Crippen LogP contribution in [0.3, 0.4) is 0 Å². The summed E-state index contributed by atoms with van der Waals surface area (Å²) in [7, 11) is 0. The minimum atomic E-state index is 0.297. The van der Waals surface area contributed by atoms with Crippen molar-refractivity contribution in [2.24, 2.45) is 0 Å². The van der Waals surface area contributed by atoms with Crippen molar-refractivity contribution in [2.45, 2.75) is 32.6 Å². The molecule has 0 fully saturated rings. The smallest absolute Gasteiger partial charge is 0.229 e. The molecule has 1 unspecified atom stereocenters. The lowest BCUT2D eigenvalue weighted by molar-refractivity contribution is 0.353. The molecule has 0 bridgehead atoms. The van der Waals surface area contributed by atoms with Gasteiger partial charge in [0.15, 0.2) is 0 Å². The molecule has 17 heavy (non-hydrogen) atoms. The van der Waals surface area contributed by atoms with E-state index in [1.165, 1.54) is 0 Å². The van der Waals surface area contributed by atoms with E-state index in [-0.39, 0.29) is 0 Å². The van der Waals surface area contributed by atoms with Crippen molar-refractivity contribution in [1.82, 2.24) is 10.1 Å². The topological polar surface area (TPSA) is 64.9 Å². The zero-order valence-electron chi connectivity index (χ0n) is 10.2. The van der Waals surface area contributed by atoms with Gasteiger partial charge in [-0.3, -0.25) is 0 Å². The lowest BCUT2D eigenvalue weighted by Gasteiger charge is -2.02. The SMILES string of the molecule is CCCC(C)c1nc(-c2ccccc2N)no1. The van der Waals surface area contributed by atoms with Gasteiger partial charge in [-0.05, 0) is 18.6 Å². The maximum atomic E-state index is 5.87. The van der Waals surface area contributed by atoms with Crippen LogP contribution in [0.4, 0.5) is 5.69 Å². The second kappa shape index (κ2) is 4.99. The van der Waals surface area contributed by atoms with Gasteiger partial charge in [0.2, 0.25) is 11.7 Å². The number of rotatable bonds is 4. The van der Waals surface area contributed by atoms with E-state index in [9.17, 15) is 0 Å². The van der Waals surface area contributed by atoms with Gasteiger partial charge in [-0.1, -0.05) is 37.6 Å². The zero-order valence-corrected chi connectivity index (χ0v) is 10.2. The van der Waals surface area contributed by atoms with E-state index in [1.54, 1.807) is 0 Å². The average molecular weight is 231 g/mol. The lowest BCUT2D eigenvalue weighted by Crippen LogP contribution is -1.94. The van der Waals surface area contributed by atoms with Crippen LogP contribution in [0.15, 0.2) is 28.8 Å². The molecule has 0 aliphatic rings. The van der Waals surface area contributed by atoms with Crippen molar-refractivity contribution in [3.05, 3.63) is 30.2 Å². The van der Waals surface area contributed by atoms with E-state index in [4.69, 9.17) is 10.3 Å². The standard InChI is InChI=1S/C13H17N3O/c1-3-6-9(2)13-15-12(16-17-13)10-7-4-5-8-11(10)14/h4-5,7-9H,3,6,14H2,1-2H3. The van der Waals surface area contributed by atoms with Crippen LogP contribution in [0.2, 0.25) is 0 Å². The maximum absolute atomic E-state index is 5.87. The molecule has 0 aliphatic carbocycles. The Kier molecular flexibility index (Phi) is 3.42. The van der Waals surface area contributed by atoms with Gasteiger partial charge in [0.1, 0.15) is 0 Å². The van der Waals surface area contributed by atoms with Gasteiger partial charge in [0, 0.05) is 17.2 Å². The number of hydrogen-bond donors (Lipinski definition) is 1. The summed E-state index contributed by atoms with van der Waals surface area (Å²) in [5, 5.41) is 3.98. The summed E-state index contributed by atoms with van der Waals surface area (Å²) in [6.45, 7) is 4.23. The van der Waals surface area contributed by atoms with Crippen molar-refractivity contribution in [3.8, 4) is 11.4 Å². The van der Waals surface area contributed by atoms with Gasteiger partial charge in [-0.25, -0.2) is 0 Å². The van der Waals surface area contributed by atoms with E-state index in [0.29, 0.717) is 23.3 Å². The molecule has 0 spiro atoms. The Morgan fingerprint density at radius 1 is 1.35 bits per heavy atom. The molecule has 0 saturated carbocycles. The van der Waals surface area contributed by atoms with Gasteiger partial charge in [0.05, 0.1) is 0 Å². The summed E-state index contributed by atoms with van der Waals surface area (Å²) in [4.78, 5) is 4.40. The molecule has 0 aliphatic heterocycles. The minimum Gasteiger partial charge on any atom is -0.398 e. The van der Waals surface area contributed by atoms with Crippen molar-refractivity contribution in [2.75, 3.05) is 5.73 Å². The van der Waals surface area contributed by atoms with Crippen LogP contribution in [0, 0.1) is 0 Å². The first kappa shape index (κ1) is 11.6. The molecule has 4 heteroatoms. The Bertz CT molecular complexity index is 493. The number of nitrogens with zero attached hydrogens (tertiary/aromatic N) is 2. The van der Waals surface area contributed by atoms with Gasteiger partial charge < -0.3 is 10.3 Å². The summed E-state index contributed by atoms with van der Waals surface area (Å²) in [6, 6.07) is 7.53. The highest BCUT2D eigenvalue weighted by molar-refractivity contribution is 5.70. The van der Waals surface area contributed by atoms with Crippen molar-refractivity contribution in [3.63, 3.8) is 0 Å². The van der Waals surface area contributed by atoms with Gasteiger partial charge in [-0.15, -0.1) is 0 Å². The Morgan fingerprint density at radius 2 is 2.12 bits per heavy atom. The van der Waals surface area contributed by atoms with E-state index < -0.39 is 0 Å². The van der Waals surface area contributed by atoms with Gasteiger partial charge in [-0.2, -0.15) is 4.98 Å². The number of benzene rings is 1. The summed E-state index contributed by atoms with van der Waals surface area (Å²) in [6.07, 6.45) is 2.15. The van der Waals surface area contributed by atoms with Gasteiger partial charge >= 0.3 is 0 Å². The summed E-state index contributed by atoms with van der Waals surface area (Å²) >= 11 is 0. The van der Waals surface area contributed by atoms with Crippen molar-refractivity contribution < 1.29 is 4.52 Å². The highest BCUT2D eigenvalue weighted by atomic mass is 16.5. The van der Waals surface area contributed by atoms with Crippen molar-refractivity contribution in [1.29, 1.82) is 0 Å². The number of aromatic nitrogens is 2. The van der Waals surface area contributed by atoms with Crippen molar-refractivity contribution >= 4 is 5.69 Å². The minimum absolute atomic E-state index is 0.297. The van der Waals surface area contributed by atoms with Crippen LogP contribution in [-0.4, -0.2) is 10.1 Å². The molecule has 1 aromatic heterocycles. The Balaban J connectivity index is 2.27. The fraction of sp³-hybridized carbons (Fsp3) is 0.385. The van der Waals surface area contributed by atoms with Crippen LogP contribution < -0.4 is 5.73 Å². The van der Waals surface area contributed by atoms with Crippen LogP contribution in [0.25, 0.3) is 11.4 Å². The molecule has 1 atom stereocenters. The van der Waals surface area contributed by atoms with E-state index >= 15 is 0 Å². The summed E-state index contributed by atoms with van der Waals surface area (Å²) in [5.41, 5.74) is 7.37. The van der Waals surface area contributed by atoms with Crippen LogP contribution in [0.5, 0.6) is 0 Å². The summed E-state index contributed by atoms with van der Waals surface area (Å²) in [5.74, 6) is 1.55. The van der Waals surface area contributed by atoms with Crippen LogP contribution >= 0.6 is 0 Å². The van der Waals surface area contributed by atoms with E-state index in [2.05, 4.69) is 24.0 Å². The second-order valence-electron chi connectivity index (χ2n) is 4.23. The fourth-order valence-corrected chi connectivity index (χ4v) is 1.80. The van der Waals surface area contributed by atoms with E-state index in [1.807, 2.05) is 24.3 Å². The Labute approximate surface area is 101 Å². The molecule has 0 amide bonds. The quantitative estimate of drug-likeness (QED) is 0.820. The lowest BCUT2D eigenvalue weighted by atomic mass is 10.1. The normalized spacial score (nSPS) is 12.6. The molecule has 4 nitrogen and oxygen atoms in total. The third-order valence-corrected chi connectivity index (χ3v) is 2.79. The first-order valence-corrected chi connectivity index (χ1v) is 5.90. The second-order valence-corrected chi connectivity index (χ2v) is 4.23. The highest BCUT2D eigenvalue weighted by Crippen LogP contribution is 2.25. The average Bonchev–Trinajstić information content (AvgIpc) is 2.79. The molecule has 1 heterocycles. The molecule has 90 valence electrons. The van der Waals surface area contributed by atoms with E-state index in [0.717, 1.165) is 18.4 Å². The molecule has 1 aromatic carbocycles. The molecule has 2 N–H and O–H groups in total. The first-order chi connectivity index (χ1) is 8.22. The maximum Gasteiger partial charge on any atom is 0.229 e. The fourth-order valence-electron chi connectivity index (χ4n) is 1.80. The predicted molar refractivity (Wildman–Crippen MR) is 67.5 cm³/mol. The molecule has 2 rings (SSSR count). The third kappa shape index (κ3) is 2.46. The highest BCUT2D eigenvalue weighted by Gasteiger charge is 2.15. The third-order valence-electron chi connectivity index (χ3n) is 2.79. The van der Waals surface area contributed by atoms with Crippen LogP contribution in [-0.2, 0) is 0 Å². The Morgan fingerprint density at radius 3 is 2.82 bits per heavy atom. The molecule has 0 radical (unpaired) electrons.